The SMILES string of the molecule is CCC1CN(C(C)C(=O)c2ccccc2)CCC1=O. The number of Topliss-reactive ketones (excluding diaryl/α,β-unsaturated/α-hetero) is 2. The van der Waals surface area contributed by atoms with E-state index in [1.54, 1.807) is 0 Å². The Hall–Kier alpha value is -1.48. The van der Waals surface area contributed by atoms with Crippen LogP contribution in [0.4, 0.5) is 0 Å². The zero-order valence-electron chi connectivity index (χ0n) is 11.6. The van der Waals surface area contributed by atoms with Gasteiger partial charge in [0.25, 0.3) is 0 Å². The van der Waals surface area contributed by atoms with Crippen molar-refractivity contribution in [3.05, 3.63) is 35.9 Å². The van der Waals surface area contributed by atoms with Crippen molar-refractivity contribution in [1.29, 1.82) is 0 Å². The van der Waals surface area contributed by atoms with Gasteiger partial charge in [-0.05, 0) is 13.3 Å². The molecule has 0 N–H and O–H groups in total. The predicted octanol–water partition coefficient (Wildman–Crippen LogP) is 2.56. The van der Waals surface area contributed by atoms with Crippen molar-refractivity contribution in [3.63, 3.8) is 0 Å². The number of nitrogens with zero attached hydrogens (tertiary/aromatic N) is 1. The summed E-state index contributed by atoms with van der Waals surface area (Å²) in [5.74, 6) is 0.586. The van der Waals surface area contributed by atoms with Crippen LogP contribution in [0.2, 0.25) is 0 Å². The lowest BCUT2D eigenvalue weighted by atomic mass is 9.92. The van der Waals surface area contributed by atoms with Crippen LogP contribution in [-0.4, -0.2) is 35.6 Å². The van der Waals surface area contributed by atoms with E-state index in [9.17, 15) is 9.59 Å². The van der Waals surface area contributed by atoms with Crippen LogP contribution >= 0.6 is 0 Å². The lowest BCUT2D eigenvalue weighted by Crippen LogP contribution is -2.48. The van der Waals surface area contributed by atoms with Crippen molar-refractivity contribution < 1.29 is 9.59 Å². The fourth-order valence-electron chi connectivity index (χ4n) is 2.65. The Balaban J connectivity index is 2.06. The van der Waals surface area contributed by atoms with Crippen LogP contribution in [0.5, 0.6) is 0 Å². The number of hydrogen-bond donors (Lipinski definition) is 0. The van der Waals surface area contributed by atoms with Gasteiger partial charge in [-0.25, -0.2) is 0 Å². The maximum atomic E-state index is 12.4. The number of piperidine rings is 1. The molecule has 2 rings (SSSR count). The molecule has 1 aromatic carbocycles. The van der Waals surface area contributed by atoms with Crippen molar-refractivity contribution >= 4 is 11.6 Å². The first-order valence-corrected chi connectivity index (χ1v) is 6.99. The standard InChI is InChI=1S/C16H21NO2/c1-3-13-11-17(10-9-15(13)18)12(2)16(19)14-7-5-4-6-8-14/h4-8,12-13H,3,9-11H2,1-2H3. The van der Waals surface area contributed by atoms with Crippen LogP contribution in [0.3, 0.4) is 0 Å². The molecule has 19 heavy (non-hydrogen) atoms. The van der Waals surface area contributed by atoms with E-state index in [1.165, 1.54) is 0 Å². The summed E-state index contributed by atoms with van der Waals surface area (Å²) >= 11 is 0. The Labute approximate surface area is 114 Å². The van der Waals surface area contributed by atoms with E-state index in [-0.39, 0.29) is 17.7 Å². The monoisotopic (exact) mass is 259 g/mol. The zero-order chi connectivity index (χ0) is 13.8. The number of ketones is 2. The summed E-state index contributed by atoms with van der Waals surface area (Å²) in [5, 5.41) is 0. The van der Waals surface area contributed by atoms with Crippen LogP contribution < -0.4 is 0 Å². The Morgan fingerprint density at radius 2 is 2.05 bits per heavy atom. The number of carbonyl (C=O) groups excluding carboxylic acids is 2. The largest absolute Gasteiger partial charge is 0.299 e. The van der Waals surface area contributed by atoms with E-state index < -0.39 is 0 Å². The van der Waals surface area contributed by atoms with Crippen molar-refractivity contribution in [2.24, 2.45) is 5.92 Å². The van der Waals surface area contributed by atoms with Gasteiger partial charge in [0.2, 0.25) is 0 Å². The highest BCUT2D eigenvalue weighted by atomic mass is 16.1. The fourth-order valence-corrected chi connectivity index (χ4v) is 2.65. The van der Waals surface area contributed by atoms with E-state index in [0.717, 1.165) is 18.5 Å². The summed E-state index contributed by atoms with van der Waals surface area (Å²) < 4.78 is 0. The van der Waals surface area contributed by atoms with E-state index >= 15 is 0 Å². The molecule has 2 atom stereocenters. The highest BCUT2D eigenvalue weighted by molar-refractivity contribution is 6.00. The topological polar surface area (TPSA) is 37.4 Å². The van der Waals surface area contributed by atoms with E-state index in [4.69, 9.17) is 0 Å². The maximum absolute atomic E-state index is 12.4. The van der Waals surface area contributed by atoms with Crippen LogP contribution in [0, 0.1) is 5.92 Å². The molecule has 3 nitrogen and oxygen atoms in total. The number of rotatable bonds is 4. The zero-order valence-corrected chi connectivity index (χ0v) is 11.6. The second-order valence-electron chi connectivity index (χ2n) is 5.22. The van der Waals surface area contributed by atoms with Gasteiger partial charge in [0.1, 0.15) is 5.78 Å². The molecule has 0 spiro atoms. The Morgan fingerprint density at radius 3 is 2.68 bits per heavy atom. The Bertz CT molecular complexity index is 455. The summed E-state index contributed by atoms with van der Waals surface area (Å²) in [4.78, 5) is 26.3. The Kier molecular flexibility index (Phi) is 4.48. The smallest absolute Gasteiger partial charge is 0.179 e. The molecule has 2 unspecified atom stereocenters. The van der Waals surface area contributed by atoms with Gasteiger partial charge in [0, 0.05) is 31.0 Å². The molecular formula is C16H21NO2. The molecule has 0 aromatic heterocycles. The van der Waals surface area contributed by atoms with Crippen LogP contribution in [-0.2, 0) is 4.79 Å². The summed E-state index contributed by atoms with van der Waals surface area (Å²) in [6.07, 6.45) is 1.44. The molecule has 1 heterocycles. The highest BCUT2D eigenvalue weighted by Crippen LogP contribution is 2.19. The minimum Gasteiger partial charge on any atom is -0.299 e. The average molecular weight is 259 g/mol. The third-order valence-electron chi connectivity index (χ3n) is 4.03. The molecule has 1 saturated heterocycles. The molecule has 1 aromatic rings. The second kappa shape index (κ2) is 6.11. The molecule has 0 bridgehead atoms. The number of carbonyl (C=O) groups is 2. The average Bonchev–Trinajstić information content (AvgIpc) is 2.47. The van der Waals surface area contributed by atoms with Crippen molar-refractivity contribution in [2.45, 2.75) is 32.7 Å². The molecule has 0 aliphatic carbocycles. The van der Waals surface area contributed by atoms with Gasteiger partial charge in [-0.2, -0.15) is 0 Å². The number of likely N-dealkylation sites (tertiary alicyclic amines) is 1. The minimum atomic E-state index is -0.149. The van der Waals surface area contributed by atoms with Crippen molar-refractivity contribution in [2.75, 3.05) is 13.1 Å². The lowest BCUT2D eigenvalue weighted by molar-refractivity contribution is -0.126. The molecule has 0 amide bonds. The lowest BCUT2D eigenvalue weighted by Gasteiger charge is -2.35. The van der Waals surface area contributed by atoms with Gasteiger partial charge in [0.05, 0.1) is 6.04 Å². The molecule has 1 fully saturated rings. The van der Waals surface area contributed by atoms with Crippen LogP contribution in [0.1, 0.15) is 37.0 Å². The molecule has 102 valence electrons. The van der Waals surface area contributed by atoms with Crippen molar-refractivity contribution in [3.8, 4) is 0 Å². The van der Waals surface area contributed by atoms with Gasteiger partial charge in [-0.1, -0.05) is 37.3 Å². The van der Waals surface area contributed by atoms with Gasteiger partial charge >= 0.3 is 0 Å². The second-order valence-corrected chi connectivity index (χ2v) is 5.22. The summed E-state index contributed by atoms with van der Waals surface area (Å²) in [6, 6.07) is 9.23. The molecule has 3 heteroatoms. The molecule has 1 aliphatic heterocycles. The molecule has 0 saturated carbocycles. The van der Waals surface area contributed by atoms with E-state index in [2.05, 4.69) is 4.90 Å². The van der Waals surface area contributed by atoms with Crippen LogP contribution in [0.15, 0.2) is 30.3 Å². The van der Waals surface area contributed by atoms with Gasteiger partial charge < -0.3 is 0 Å². The third-order valence-corrected chi connectivity index (χ3v) is 4.03. The third kappa shape index (κ3) is 3.10. The number of benzene rings is 1. The van der Waals surface area contributed by atoms with Crippen LogP contribution in [0.25, 0.3) is 0 Å². The molecular weight excluding hydrogens is 238 g/mol. The summed E-state index contributed by atoms with van der Waals surface area (Å²) in [7, 11) is 0. The minimum absolute atomic E-state index is 0.0970. The van der Waals surface area contributed by atoms with Gasteiger partial charge in [-0.15, -0.1) is 0 Å². The molecule has 1 aliphatic rings. The normalized spacial score (nSPS) is 22.2. The predicted molar refractivity (Wildman–Crippen MR) is 75.2 cm³/mol. The van der Waals surface area contributed by atoms with Crippen molar-refractivity contribution in [1.82, 2.24) is 4.90 Å². The number of hydrogen-bond acceptors (Lipinski definition) is 3. The highest BCUT2D eigenvalue weighted by Gasteiger charge is 2.31. The fraction of sp³-hybridized carbons (Fsp3) is 0.500. The van der Waals surface area contributed by atoms with E-state index in [1.807, 2.05) is 44.2 Å². The molecule has 0 radical (unpaired) electrons. The summed E-state index contributed by atoms with van der Waals surface area (Å²) in [5.41, 5.74) is 0.750. The first-order valence-electron chi connectivity index (χ1n) is 6.99. The maximum Gasteiger partial charge on any atom is 0.179 e. The quantitative estimate of drug-likeness (QED) is 0.780. The first kappa shape index (κ1) is 13.9. The summed E-state index contributed by atoms with van der Waals surface area (Å²) in [6.45, 7) is 5.40. The van der Waals surface area contributed by atoms with Gasteiger partial charge in [-0.3, -0.25) is 14.5 Å². The first-order chi connectivity index (χ1) is 9.13. The Morgan fingerprint density at radius 1 is 1.37 bits per heavy atom. The van der Waals surface area contributed by atoms with E-state index in [0.29, 0.717) is 18.7 Å². The van der Waals surface area contributed by atoms with Gasteiger partial charge in [0.15, 0.2) is 5.78 Å².